The molecular formula is C26H40I4N2O16. The van der Waals surface area contributed by atoms with Crippen molar-refractivity contribution in [2.75, 3.05) is 26.3 Å². The van der Waals surface area contributed by atoms with Crippen LogP contribution in [-0.2, 0) is 0 Å². The maximum Gasteiger partial charge on any atom is 0.253 e. The number of benzene rings is 1. The van der Waals surface area contributed by atoms with Crippen molar-refractivity contribution >= 4 is 102 Å². The van der Waals surface area contributed by atoms with Gasteiger partial charge in [-0.2, -0.15) is 0 Å². The number of halogens is 4. The molecule has 0 aliphatic rings. The number of carbonyl (C=O) groups is 2. The number of amides is 2. The average Bonchev–Trinajstić information content (AvgIpc) is 3.06. The number of hydrogen-bond acceptors (Lipinski definition) is 16. The Morgan fingerprint density at radius 3 is 0.958 bits per heavy atom. The zero-order chi connectivity index (χ0) is 37.2. The standard InChI is InChI=1S/C26H40I4N2O16/c27-15-13(25(47)31-3-11(39)21(43)23(45)19(41)9(37)1-7(35)5-33)16(28)18(30)14(17(15)29)26(48)32-4-12(40)22(44)24(46)20(42)10(38)2-8(36)6-34/h7-12,19-24,33-46H,1-6H2,(H,31,47)(H,32,48). The third kappa shape index (κ3) is 12.9. The maximum atomic E-state index is 13.1. The fourth-order valence-electron chi connectivity index (χ4n) is 4.14. The lowest BCUT2D eigenvalue weighted by Gasteiger charge is -2.30. The van der Waals surface area contributed by atoms with Gasteiger partial charge in [0.1, 0.15) is 36.6 Å². The molecule has 0 bridgehead atoms. The average molecular weight is 1140 g/mol. The molecule has 0 saturated carbocycles. The molecule has 1 rings (SSSR count). The molecule has 12 unspecified atom stereocenters. The van der Waals surface area contributed by atoms with Crippen molar-refractivity contribution in [2.24, 2.45) is 0 Å². The zero-order valence-electron chi connectivity index (χ0n) is 24.8. The number of rotatable bonds is 20. The van der Waals surface area contributed by atoms with Crippen molar-refractivity contribution in [1.29, 1.82) is 0 Å². The molecule has 1 aromatic carbocycles. The van der Waals surface area contributed by atoms with Gasteiger partial charge >= 0.3 is 0 Å². The Kier molecular flexibility index (Phi) is 21.2. The van der Waals surface area contributed by atoms with Gasteiger partial charge in [0.25, 0.3) is 11.8 Å². The summed E-state index contributed by atoms with van der Waals surface area (Å²) in [5.41, 5.74) is 0.157. The van der Waals surface area contributed by atoms with Crippen LogP contribution in [0.15, 0.2) is 0 Å². The van der Waals surface area contributed by atoms with E-state index in [2.05, 4.69) is 10.6 Å². The zero-order valence-corrected chi connectivity index (χ0v) is 33.4. The fourth-order valence-corrected chi connectivity index (χ4v) is 8.31. The molecule has 0 aromatic heterocycles. The van der Waals surface area contributed by atoms with Gasteiger partial charge in [-0.25, -0.2) is 0 Å². The molecule has 2 amide bonds. The molecule has 16 N–H and O–H groups in total. The van der Waals surface area contributed by atoms with Gasteiger partial charge in [0, 0.05) is 40.2 Å². The monoisotopic (exact) mass is 1140 g/mol. The Labute approximate surface area is 328 Å². The summed E-state index contributed by atoms with van der Waals surface area (Å²) >= 11 is 7.20. The second-order valence-electron chi connectivity index (χ2n) is 10.8. The van der Waals surface area contributed by atoms with Gasteiger partial charge in [-0.15, -0.1) is 0 Å². The minimum Gasteiger partial charge on any atom is -0.394 e. The molecule has 0 aliphatic heterocycles. The first-order chi connectivity index (χ1) is 22.2. The van der Waals surface area contributed by atoms with Crippen molar-refractivity contribution in [2.45, 2.75) is 86.1 Å². The van der Waals surface area contributed by atoms with Crippen LogP contribution in [0.1, 0.15) is 33.6 Å². The first-order valence-corrected chi connectivity index (χ1v) is 18.3. The highest BCUT2D eigenvalue weighted by atomic mass is 127. The van der Waals surface area contributed by atoms with Crippen LogP contribution in [-0.4, -0.2) is 183 Å². The van der Waals surface area contributed by atoms with Crippen LogP contribution in [0.25, 0.3) is 0 Å². The van der Waals surface area contributed by atoms with Crippen molar-refractivity contribution in [3.05, 3.63) is 25.4 Å². The molecule has 1 aromatic rings. The van der Waals surface area contributed by atoms with Crippen LogP contribution in [0.3, 0.4) is 0 Å². The van der Waals surface area contributed by atoms with Crippen molar-refractivity contribution in [3.8, 4) is 0 Å². The summed E-state index contributed by atoms with van der Waals surface area (Å²) < 4.78 is 1.15. The Balaban J connectivity index is 2.96. The van der Waals surface area contributed by atoms with Gasteiger partial charge in [-0.1, -0.05) is 0 Å². The highest BCUT2D eigenvalue weighted by Crippen LogP contribution is 2.33. The quantitative estimate of drug-likeness (QED) is 0.0428. The summed E-state index contributed by atoms with van der Waals surface area (Å²) in [5, 5.41) is 143. The summed E-state index contributed by atoms with van der Waals surface area (Å²) in [6.07, 6.45) is -23.4. The lowest BCUT2D eigenvalue weighted by molar-refractivity contribution is -0.138. The van der Waals surface area contributed by atoms with Gasteiger partial charge in [0.15, 0.2) is 0 Å². The van der Waals surface area contributed by atoms with Crippen molar-refractivity contribution < 1.29 is 81.1 Å². The highest BCUT2D eigenvalue weighted by molar-refractivity contribution is 14.1. The molecule has 0 spiro atoms. The molecule has 48 heavy (non-hydrogen) atoms. The molecule has 0 radical (unpaired) electrons. The van der Waals surface area contributed by atoms with Crippen LogP contribution in [0.4, 0.5) is 0 Å². The van der Waals surface area contributed by atoms with Gasteiger partial charge in [-0.3, -0.25) is 9.59 Å². The third-order valence-electron chi connectivity index (χ3n) is 7.09. The van der Waals surface area contributed by atoms with Gasteiger partial charge in [-0.05, 0) is 90.4 Å². The topological polar surface area (TPSA) is 341 Å². The van der Waals surface area contributed by atoms with E-state index in [0.29, 0.717) is 0 Å². The molecule has 0 saturated heterocycles. The van der Waals surface area contributed by atoms with Crippen LogP contribution >= 0.6 is 90.4 Å². The smallest absolute Gasteiger partial charge is 0.253 e. The first kappa shape index (κ1) is 46.5. The lowest BCUT2D eigenvalue weighted by Crippen LogP contribution is -2.52. The molecule has 0 aliphatic carbocycles. The molecular weight excluding hydrogens is 1100 g/mol. The van der Waals surface area contributed by atoms with E-state index < -0.39 is 124 Å². The number of carbonyl (C=O) groups excluding carboxylic acids is 2. The van der Waals surface area contributed by atoms with Crippen molar-refractivity contribution in [3.63, 3.8) is 0 Å². The highest BCUT2D eigenvalue weighted by Gasteiger charge is 2.37. The normalized spacial score (nSPS) is 19.5. The summed E-state index contributed by atoms with van der Waals surface area (Å²) in [7, 11) is 0. The van der Waals surface area contributed by atoms with E-state index in [4.69, 9.17) is 10.2 Å². The first-order valence-electron chi connectivity index (χ1n) is 14.0. The Morgan fingerprint density at radius 2 is 0.708 bits per heavy atom. The molecule has 12 atom stereocenters. The Morgan fingerprint density at radius 1 is 0.458 bits per heavy atom. The van der Waals surface area contributed by atoms with Crippen molar-refractivity contribution in [1.82, 2.24) is 10.6 Å². The number of nitrogens with one attached hydrogen (secondary N) is 2. The van der Waals surface area contributed by atoms with Crippen LogP contribution in [0, 0.1) is 14.3 Å². The van der Waals surface area contributed by atoms with Gasteiger partial charge in [0.05, 0.1) is 61.0 Å². The second-order valence-corrected chi connectivity index (χ2v) is 15.1. The number of aliphatic hydroxyl groups excluding tert-OH is 14. The maximum absolute atomic E-state index is 13.1. The number of hydrogen-bond donors (Lipinski definition) is 16. The predicted octanol–water partition coefficient (Wildman–Crippen LogP) is -5.34. The minimum atomic E-state index is -2.09. The van der Waals surface area contributed by atoms with Crippen LogP contribution in [0.5, 0.6) is 0 Å². The minimum absolute atomic E-state index is 0.0784. The van der Waals surface area contributed by atoms with E-state index in [1.54, 1.807) is 90.4 Å². The van der Waals surface area contributed by atoms with Crippen LogP contribution < -0.4 is 10.6 Å². The van der Waals surface area contributed by atoms with E-state index in [1.165, 1.54) is 0 Å². The largest absolute Gasteiger partial charge is 0.394 e. The molecule has 18 nitrogen and oxygen atoms in total. The third-order valence-corrected chi connectivity index (χ3v) is 13.5. The summed E-state index contributed by atoms with van der Waals surface area (Å²) in [6, 6.07) is 0. The lowest BCUT2D eigenvalue weighted by atomic mass is 9.96. The Bertz CT molecular complexity index is 1090. The molecule has 278 valence electrons. The molecule has 0 fully saturated rings. The van der Waals surface area contributed by atoms with Gasteiger partial charge in [0.2, 0.25) is 0 Å². The van der Waals surface area contributed by atoms with E-state index >= 15 is 0 Å². The SMILES string of the molecule is O=C(NCC(O)C(O)C(O)C(O)C(O)CC(O)CO)c1c(I)c(I)c(C(=O)NCC(O)C(O)C(O)C(O)C(O)CC(O)CO)c(I)c1I. The summed E-state index contributed by atoms with van der Waals surface area (Å²) in [4.78, 5) is 26.3. The summed E-state index contributed by atoms with van der Waals surface area (Å²) in [6.45, 7) is -2.70. The van der Waals surface area contributed by atoms with Gasteiger partial charge < -0.3 is 82.1 Å². The van der Waals surface area contributed by atoms with E-state index in [1.807, 2.05) is 0 Å². The molecule has 0 heterocycles. The fraction of sp³-hybridized carbons (Fsp3) is 0.692. The van der Waals surface area contributed by atoms with E-state index in [0.717, 1.165) is 0 Å². The molecule has 22 heteroatoms. The second kappa shape index (κ2) is 21.9. The summed E-state index contributed by atoms with van der Waals surface area (Å²) in [5.74, 6) is -1.50. The predicted molar refractivity (Wildman–Crippen MR) is 197 cm³/mol. The van der Waals surface area contributed by atoms with E-state index in [-0.39, 0.29) is 25.4 Å². The van der Waals surface area contributed by atoms with Crippen LogP contribution in [0.2, 0.25) is 0 Å². The Hall–Kier alpha value is 0.520. The van der Waals surface area contributed by atoms with E-state index in [9.17, 15) is 70.9 Å². The number of aliphatic hydroxyl groups is 14.